The van der Waals surface area contributed by atoms with E-state index in [-0.39, 0.29) is 6.09 Å². The number of carbonyl (C=O) groups excluding carboxylic acids is 1. The zero-order valence-electron chi connectivity index (χ0n) is 16.5. The van der Waals surface area contributed by atoms with Crippen LogP contribution >= 0.6 is 0 Å². The van der Waals surface area contributed by atoms with E-state index in [1.807, 2.05) is 48.5 Å². The molecule has 0 saturated carbocycles. The molecule has 0 atom stereocenters. The van der Waals surface area contributed by atoms with Crippen LogP contribution in [-0.2, 0) is 11.3 Å². The van der Waals surface area contributed by atoms with Crippen molar-refractivity contribution in [1.29, 1.82) is 0 Å². The maximum Gasteiger partial charge on any atom is 0.407 e. The molecule has 1 heterocycles. The van der Waals surface area contributed by atoms with E-state index in [9.17, 15) is 4.79 Å². The molecule has 2 aromatic carbocycles. The zero-order chi connectivity index (χ0) is 19.6. The van der Waals surface area contributed by atoms with Gasteiger partial charge in [-0.05, 0) is 30.7 Å². The summed E-state index contributed by atoms with van der Waals surface area (Å²) in [6.45, 7) is 5.88. The third-order valence-corrected chi connectivity index (χ3v) is 4.93. The third-order valence-electron chi connectivity index (χ3n) is 4.93. The summed E-state index contributed by atoms with van der Waals surface area (Å²) < 4.78 is 10.7. The first-order valence-electron chi connectivity index (χ1n) is 9.81. The van der Waals surface area contributed by atoms with Crippen molar-refractivity contribution >= 4 is 11.8 Å². The Morgan fingerprint density at radius 1 is 1.00 bits per heavy atom. The molecule has 6 nitrogen and oxygen atoms in total. The van der Waals surface area contributed by atoms with Crippen LogP contribution in [0.5, 0.6) is 5.75 Å². The Morgan fingerprint density at radius 2 is 1.71 bits per heavy atom. The predicted molar refractivity (Wildman–Crippen MR) is 111 cm³/mol. The summed E-state index contributed by atoms with van der Waals surface area (Å²) in [7, 11) is 1.72. The number of hydrogen-bond donors (Lipinski definition) is 1. The quantitative estimate of drug-likeness (QED) is 0.710. The molecule has 3 rings (SSSR count). The minimum atomic E-state index is -0.357. The van der Waals surface area contributed by atoms with Crippen LogP contribution in [0.4, 0.5) is 10.5 Å². The highest BCUT2D eigenvalue weighted by Crippen LogP contribution is 2.28. The number of hydrogen-bond acceptors (Lipinski definition) is 5. The number of piperazine rings is 1. The van der Waals surface area contributed by atoms with E-state index in [2.05, 4.69) is 21.2 Å². The number of nitrogens with zero attached hydrogens (tertiary/aromatic N) is 2. The van der Waals surface area contributed by atoms with E-state index < -0.39 is 0 Å². The molecule has 0 aromatic heterocycles. The van der Waals surface area contributed by atoms with Crippen LogP contribution in [0.25, 0.3) is 0 Å². The van der Waals surface area contributed by atoms with Gasteiger partial charge in [-0.1, -0.05) is 42.5 Å². The maximum absolute atomic E-state index is 11.8. The van der Waals surface area contributed by atoms with Crippen molar-refractivity contribution in [2.24, 2.45) is 0 Å². The van der Waals surface area contributed by atoms with Crippen LogP contribution < -0.4 is 15.0 Å². The minimum Gasteiger partial charge on any atom is -0.495 e. The van der Waals surface area contributed by atoms with Gasteiger partial charge in [0.25, 0.3) is 0 Å². The van der Waals surface area contributed by atoms with E-state index in [1.165, 1.54) is 0 Å². The molecule has 0 radical (unpaired) electrons. The fourth-order valence-electron chi connectivity index (χ4n) is 3.37. The molecule has 0 aliphatic carbocycles. The van der Waals surface area contributed by atoms with Gasteiger partial charge >= 0.3 is 6.09 Å². The Bertz CT molecular complexity index is 731. The normalized spacial score (nSPS) is 14.5. The number of amides is 1. The van der Waals surface area contributed by atoms with Crippen LogP contribution in [-0.4, -0.2) is 57.4 Å². The van der Waals surface area contributed by atoms with Crippen molar-refractivity contribution in [3.05, 3.63) is 60.2 Å². The second kappa shape index (κ2) is 10.6. The van der Waals surface area contributed by atoms with Crippen molar-refractivity contribution in [2.75, 3.05) is 51.3 Å². The number of carbonyl (C=O) groups is 1. The number of ether oxygens (including phenoxy) is 2. The highest BCUT2D eigenvalue weighted by atomic mass is 16.5. The molecule has 0 spiro atoms. The molecular formula is C22H29N3O3. The smallest absolute Gasteiger partial charge is 0.407 e. The van der Waals surface area contributed by atoms with Crippen molar-refractivity contribution in [2.45, 2.75) is 13.0 Å². The fourth-order valence-corrected chi connectivity index (χ4v) is 3.37. The van der Waals surface area contributed by atoms with Gasteiger partial charge in [0, 0.05) is 32.7 Å². The average Bonchev–Trinajstić information content (AvgIpc) is 2.76. The lowest BCUT2D eigenvalue weighted by Crippen LogP contribution is -2.47. The van der Waals surface area contributed by atoms with Gasteiger partial charge in [-0.25, -0.2) is 4.79 Å². The molecule has 0 unspecified atom stereocenters. The predicted octanol–water partition coefficient (Wildman–Crippen LogP) is 3.13. The van der Waals surface area contributed by atoms with Gasteiger partial charge in [-0.3, -0.25) is 4.90 Å². The molecule has 0 bridgehead atoms. The number of rotatable bonds is 8. The van der Waals surface area contributed by atoms with Crippen LogP contribution in [0.3, 0.4) is 0 Å². The second-order valence-electron chi connectivity index (χ2n) is 6.84. The summed E-state index contributed by atoms with van der Waals surface area (Å²) in [5.41, 5.74) is 2.15. The average molecular weight is 383 g/mol. The molecule has 1 N–H and O–H groups in total. The Morgan fingerprint density at radius 3 is 2.46 bits per heavy atom. The number of nitrogens with one attached hydrogen (secondary N) is 1. The van der Waals surface area contributed by atoms with Crippen molar-refractivity contribution in [1.82, 2.24) is 10.2 Å². The largest absolute Gasteiger partial charge is 0.495 e. The van der Waals surface area contributed by atoms with Gasteiger partial charge in [-0.2, -0.15) is 0 Å². The maximum atomic E-state index is 11.8. The summed E-state index contributed by atoms with van der Waals surface area (Å²) in [5.74, 6) is 0.925. The Labute approximate surface area is 167 Å². The summed E-state index contributed by atoms with van der Waals surface area (Å²) >= 11 is 0. The lowest BCUT2D eigenvalue weighted by molar-refractivity contribution is 0.139. The fraction of sp³-hybridized carbons (Fsp3) is 0.409. The summed E-state index contributed by atoms with van der Waals surface area (Å²) in [6, 6.07) is 17.9. The molecule has 2 aromatic rings. The van der Waals surface area contributed by atoms with Gasteiger partial charge in [0.2, 0.25) is 0 Å². The topological polar surface area (TPSA) is 54.0 Å². The Hall–Kier alpha value is -2.73. The molecule has 1 saturated heterocycles. The highest BCUT2D eigenvalue weighted by Gasteiger charge is 2.19. The van der Waals surface area contributed by atoms with E-state index >= 15 is 0 Å². The van der Waals surface area contributed by atoms with Gasteiger partial charge in [0.05, 0.1) is 12.8 Å². The number of para-hydroxylation sites is 2. The molecule has 6 heteroatoms. The zero-order valence-corrected chi connectivity index (χ0v) is 16.5. The van der Waals surface area contributed by atoms with E-state index in [1.54, 1.807) is 7.11 Å². The minimum absolute atomic E-state index is 0.303. The van der Waals surface area contributed by atoms with Crippen LogP contribution in [0.1, 0.15) is 12.0 Å². The molecule has 1 aliphatic heterocycles. The standard InChI is InChI=1S/C22H29N3O3/c1-27-21-11-6-5-10-20(21)25-16-14-24(15-17-25)13-7-12-23-22(26)28-18-19-8-3-2-4-9-19/h2-6,8-11H,7,12-18H2,1H3,(H,23,26). The summed E-state index contributed by atoms with van der Waals surface area (Å²) in [4.78, 5) is 16.6. The molecule has 1 amide bonds. The Balaban J connectivity index is 1.30. The number of methoxy groups -OCH3 is 1. The van der Waals surface area contributed by atoms with Gasteiger partial charge < -0.3 is 19.7 Å². The van der Waals surface area contributed by atoms with Crippen LogP contribution in [0, 0.1) is 0 Å². The van der Waals surface area contributed by atoms with Crippen molar-refractivity contribution in [3.8, 4) is 5.75 Å². The first-order valence-corrected chi connectivity index (χ1v) is 9.81. The monoisotopic (exact) mass is 383 g/mol. The van der Waals surface area contributed by atoms with Crippen molar-refractivity contribution in [3.63, 3.8) is 0 Å². The number of anilines is 1. The van der Waals surface area contributed by atoms with E-state index in [0.29, 0.717) is 13.2 Å². The first kappa shape index (κ1) is 20.0. The number of benzene rings is 2. The summed E-state index contributed by atoms with van der Waals surface area (Å²) in [5, 5.41) is 2.83. The Kier molecular flexibility index (Phi) is 7.55. The lowest BCUT2D eigenvalue weighted by atomic mass is 10.2. The number of alkyl carbamates (subject to hydrolysis) is 1. The van der Waals surface area contributed by atoms with Gasteiger partial charge in [-0.15, -0.1) is 0 Å². The lowest BCUT2D eigenvalue weighted by Gasteiger charge is -2.36. The second-order valence-corrected chi connectivity index (χ2v) is 6.84. The third kappa shape index (κ3) is 5.89. The SMILES string of the molecule is COc1ccccc1N1CCN(CCCNC(=O)OCc2ccccc2)CC1. The van der Waals surface area contributed by atoms with Crippen molar-refractivity contribution < 1.29 is 14.3 Å². The molecule has 1 aliphatic rings. The molecular weight excluding hydrogens is 354 g/mol. The highest BCUT2D eigenvalue weighted by molar-refractivity contribution is 5.67. The van der Waals surface area contributed by atoms with E-state index in [0.717, 1.165) is 56.1 Å². The molecule has 150 valence electrons. The molecule has 1 fully saturated rings. The first-order chi connectivity index (χ1) is 13.8. The summed E-state index contributed by atoms with van der Waals surface area (Å²) in [6.07, 6.45) is 0.555. The van der Waals surface area contributed by atoms with Gasteiger partial charge in [0.15, 0.2) is 0 Å². The van der Waals surface area contributed by atoms with E-state index in [4.69, 9.17) is 9.47 Å². The van der Waals surface area contributed by atoms with Crippen LogP contribution in [0.15, 0.2) is 54.6 Å². The van der Waals surface area contributed by atoms with Crippen LogP contribution in [0.2, 0.25) is 0 Å². The van der Waals surface area contributed by atoms with Gasteiger partial charge in [0.1, 0.15) is 12.4 Å². The molecule has 28 heavy (non-hydrogen) atoms.